The predicted molar refractivity (Wildman–Crippen MR) is 49.4 cm³/mol. The molecule has 0 saturated heterocycles. The van der Waals surface area contributed by atoms with Crippen LogP contribution < -0.4 is 4.84 Å². The highest BCUT2D eigenvalue weighted by atomic mass is 16.7. The minimum atomic E-state index is -1.05. The number of carbonyl (C=O) groups is 1. The molecule has 76 valence electrons. The van der Waals surface area contributed by atoms with Crippen LogP contribution in [0.4, 0.5) is 0 Å². The minimum Gasteiger partial charge on any atom is -0.478 e. The van der Waals surface area contributed by atoms with Gasteiger partial charge in [-0.3, -0.25) is 0 Å². The van der Waals surface area contributed by atoms with E-state index in [0.29, 0.717) is 0 Å². The van der Waals surface area contributed by atoms with Crippen molar-refractivity contribution in [3.8, 4) is 5.75 Å². The fourth-order valence-electron chi connectivity index (χ4n) is 1.07. The second-order valence-corrected chi connectivity index (χ2v) is 2.69. The molecule has 0 spiro atoms. The summed E-state index contributed by atoms with van der Waals surface area (Å²) in [5, 5.41) is 12.6. The van der Waals surface area contributed by atoms with Crippen molar-refractivity contribution < 1.29 is 14.7 Å². The van der Waals surface area contributed by atoms with Crippen LogP contribution in [0, 0.1) is 0 Å². The Morgan fingerprint density at radius 2 is 2.20 bits per heavy atom. The quantitative estimate of drug-likeness (QED) is 0.802. The molecule has 1 aromatic carbocycles. The molecular weight excluding hydrogens is 198 g/mol. The van der Waals surface area contributed by atoms with Crippen molar-refractivity contribution in [1.82, 2.24) is 14.9 Å². The number of aromatic carboxylic acids is 1. The normalized spacial score (nSPS) is 9.87. The van der Waals surface area contributed by atoms with Gasteiger partial charge in [-0.05, 0) is 12.1 Å². The van der Waals surface area contributed by atoms with Gasteiger partial charge in [-0.2, -0.15) is 0 Å². The van der Waals surface area contributed by atoms with Crippen molar-refractivity contribution in [1.29, 1.82) is 0 Å². The van der Waals surface area contributed by atoms with Crippen molar-refractivity contribution in [2.24, 2.45) is 0 Å². The first kappa shape index (κ1) is 9.20. The summed E-state index contributed by atoms with van der Waals surface area (Å²) in [6, 6.07) is 6.30. The number of rotatable bonds is 3. The van der Waals surface area contributed by atoms with E-state index in [9.17, 15) is 4.79 Å². The molecule has 0 aliphatic carbocycles. The maximum atomic E-state index is 10.8. The Hall–Kier alpha value is -2.37. The van der Waals surface area contributed by atoms with Gasteiger partial charge in [0.1, 0.15) is 11.9 Å². The van der Waals surface area contributed by atoms with E-state index >= 15 is 0 Å². The maximum Gasteiger partial charge on any atom is 0.339 e. The van der Waals surface area contributed by atoms with Gasteiger partial charge < -0.3 is 9.94 Å². The first-order valence-corrected chi connectivity index (χ1v) is 4.12. The van der Waals surface area contributed by atoms with Crippen LogP contribution >= 0.6 is 0 Å². The van der Waals surface area contributed by atoms with E-state index in [1.54, 1.807) is 18.2 Å². The molecule has 0 aliphatic rings. The Morgan fingerprint density at radius 3 is 2.87 bits per heavy atom. The van der Waals surface area contributed by atoms with Gasteiger partial charge >= 0.3 is 5.97 Å². The van der Waals surface area contributed by atoms with E-state index in [1.165, 1.54) is 18.7 Å². The molecule has 0 aliphatic heterocycles. The second kappa shape index (κ2) is 3.79. The smallest absolute Gasteiger partial charge is 0.339 e. The number of hydrogen-bond acceptors (Lipinski definition) is 4. The SMILES string of the molecule is O=C(O)c1ccccc1On1cncn1. The standard InChI is InChI=1S/C9H7N3O3/c13-9(14)7-3-1-2-4-8(7)15-12-6-10-5-11-12/h1-6H,(H,13,14). The summed E-state index contributed by atoms with van der Waals surface area (Å²) in [6.45, 7) is 0. The monoisotopic (exact) mass is 205 g/mol. The van der Waals surface area contributed by atoms with Gasteiger partial charge in [0.25, 0.3) is 0 Å². The highest BCUT2D eigenvalue weighted by molar-refractivity contribution is 5.90. The van der Waals surface area contributed by atoms with E-state index in [0.717, 1.165) is 4.85 Å². The molecule has 0 radical (unpaired) electrons. The van der Waals surface area contributed by atoms with Crippen LogP contribution in [-0.4, -0.2) is 26.0 Å². The first-order chi connectivity index (χ1) is 7.27. The summed E-state index contributed by atoms with van der Waals surface area (Å²) < 4.78 is 0. The maximum absolute atomic E-state index is 10.8. The highest BCUT2D eigenvalue weighted by Crippen LogP contribution is 2.17. The van der Waals surface area contributed by atoms with Gasteiger partial charge in [-0.25, -0.2) is 9.78 Å². The molecule has 1 aromatic heterocycles. The van der Waals surface area contributed by atoms with Crippen molar-refractivity contribution >= 4 is 5.97 Å². The zero-order chi connectivity index (χ0) is 10.7. The van der Waals surface area contributed by atoms with Crippen LogP contribution in [0.2, 0.25) is 0 Å². The van der Waals surface area contributed by atoms with E-state index in [4.69, 9.17) is 9.94 Å². The number of para-hydroxylation sites is 1. The lowest BCUT2D eigenvalue weighted by Crippen LogP contribution is -2.09. The molecular formula is C9H7N3O3. The molecule has 1 N–H and O–H groups in total. The molecule has 0 saturated carbocycles. The topological polar surface area (TPSA) is 77.2 Å². The van der Waals surface area contributed by atoms with Crippen LogP contribution in [0.15, 0.2) is 36.9 Å². The van der Waals surface area contributed by atoms with Crippen LogP contribution in [0.1, 0.15) is 10.4 Å². The minimum absolute atomic E-state index is 0.0769. The van der Waals surface area contributed by atoms with E-state index in [2.05, 4.69) is 10.1 Å². The number of hydrogen-bond donors (Lipinski definition) is 1. The Balaban J connectivity index is 2.32. The van der Waals surface area contributed by atoms with Gasteiger partial charge in [0.05, 0.1) is 0 Å². The Bertz CT molecular complexity index is 467. The van der Waals surface area contributed by atoms with Gasteiger partial charge in [0.2, 0.25) is 0 Å². The summed E-state index contributed by atoms with van der Waals surface area (Å²) in [5.74, 6) is -0.832. The van der Waals surface area contributed by atoms with Crippen molar-refractivity contribution in [2.75, 3.05) is 0 Å². The van der Waals surface area contributed by atoms with Gasteiger partial charge in [-0.15, -0.1) is 5.10 Å². The summed E-state index contributed by atoms with van der Waals surface area (Å²) in [6.07, 6.45) is 2.63. The van der Waals surface area contributed by atoms with Gasteiger partial charge in [0, 0.05) is 0 Å². The fraction of sp³-hybridized carbons (Fsp3) is 0. The van der Waals surface area contributed by atoms with Crippen LogP contribution in [0.25, 0.3) is 0 Å². The third-order valence-corrected chi connectivity index (χ3v) is 1.71. The molecule has 2 aromatic rings. The molecule has 0 atom stereocenters. The molecule has 1 heterocycles. The van der Waals surface area contributed by atoms with Crippen LogP contribution in [0.3, 0.4) is 0 Å². The zero-order valence-electron chi connectivity index (χ0n) is 7.57. The number of carboxylic acids is 1. The Morgan fingerprint density at radius 1 is 1.40 bits per heavy atom. The van der Waals surface area contributed by atoms with Crippen molar-refractivity contribution in [3.63, 3.8) is 0 Å². The molecule has 0 fully saturated rings. The molecule has 6 nitrogen and oxygen atoms in total. The number of benzene rings is 1. The molecule has 6 heteroatoms. The number of aromatic nitrogens is 3. The number of nitrogens with zero attached hydrogens (tertiary/aromatic N) is 3. The third kappa shape index (κ3) is 1.93. The molecule has 0 unspecified atom stereocenters. The molecule has 2 rings (SSSR count). The molecule has 15 heavy (non-hydrogen) atoms. The van der Waals surface area contributed by atoms with Crippen molar-refractivity contribution in [2.45, 2.75) is 0 Å². The average molecular weight is 205 g/mol. The summed E-state index contributed by atoms with van der Waals surface area (Å²) >= 11 is 0. The van der Waals surface area contributed by atoms with E-state index in [1.807, 2.05) is 0 Å². The zero-order valence-corrected chi connectivity index (χ0v) is 7.57. The fourth-order valence-corrected chi connectivity index (χ4v) is 1.07. The Labute approximate surface area is 84.7 Å². The van der Waals surface area contributed by atoms with Gasteiger partial charge in [0.15, 0.2) is 12.1 Å². The summed E-state index contributed by atoms with van der Waals surface area (Å²) in [7, 11) is 0. The van der Waals surface area contributed by atoms with Crippen LogP contribution in [-0.2, 0) is 0 Å². The number of carboxylic acid groups (broad SMARTS) is 1. The summed E-state index contributed by atoms with van der Waals surface area (Å²) in [5.41, 5.74) is 0.0769. The first-order valence-electron chi connectivity index (χ1n) is 4.12. The largest absolute Gasteiger partial charge is 0.478 e. The highest BCUT2D eigenvalue weighted by Gasteiger charge is 2.10. The lowest BCUT2D eigenvalue weighted by Gasteiger charge is -2.05. The third-order valence-electron chi connectivity index (χ3n) is 1.71. The predicted octanol–water partition coefficient (Wildman–Crippen LogP) is 0.818. The lowest BCUT2D eigenvalue weighted by atomic mass is 10.2. The van der Waals surface area contributed by atoms with E-state index < -0.39 is 5.97 Å². The average Bonchev–Trinajstić information content (AvgIpc) is 2.71. The van der Waals surface area contributed by atoms with Gasteiger partial charge in [-0.1, -0.05) is 17.0 Å². The second-order valence-electron chi connectivity index (χ2n) is 2.69. The Kier molecular flexibility index (Phi) is 2.32. The molecule has 0 amide bonds. The van der Waals surface area contributed by atoms with Crippen molar-refractivity contribution in [3.05, 3.63) is 42.5 Å². The van der Waals surface area contributed by atoms with Crippen LogP contribution in [0.5, 0.6) is 5.75 Å². The van der Waals surface area contributed by atoms with E-state index in [-0.39, 0.29) is 11.3 Å². The lowest BCUT2D eigenvalue weighted by molar-refractivity contribution is 0.0686. The summed E-state index contributed by atoms with van der Waals surface area (Å²) in [4.78, 5) is 20.8. The molecule has 0 bridgehead atoms.